The Hall–Kier alpha value is -1.29. The second-order valence-electron chi connectivity index (χ2n) is 3.66. The first kappa shape index (κ1) is 11.2. The van der Waals surface area contributed by atoms with Crippen molar-refractivity contribution in [1.29, 1.82) is 0 Å². The van der Waals surface area contributed by atoms with Crippen molar-refractivity contribution >= 4 is 15.9 Å². The molecule has 0 atom stereocenters. The molecule has 3 nitrogen and oxygen atoms in total. The molecule has 1 heterocycles. The number of benzene rings is 1. The van der Waals surface area contributed by atoms with Gasteiger partial charge in [-0.3, -0.25) is 9.89 Å². The topological polar surface area (TPSA) is 37.8 Å². The van der Waals surface area contributed by atoms with Gasteiger partial charge in [-0.1, -0.05) is 25.5 Å². The predicted molar refractivity (Wildman–Crippen MR) is 68.1 cm³/mol. The SMILES string of the molecule is CCCc1cc(=O)n(-c2ccccc2Br)[nH]1. The van der Waals surface area contributed by atoms with Crippen LogP contribution in [-0.2, 0) is 6.42 Å². The average Bonchev–Trinajstić information content (AvgIpc) is 2.61. The smallest absolute Gasteiger partial charge is 0.271 e. The van der Waals surface area contributed by atoms with E-state index in [4.69, 9.17) is 0 Å². The number of aromatic nitrogens is 2. The van der Waals surface area contributed by atoms with E-state index in [0.29, 0.717) is 0 Å². The molecule has 0 bridgehead atoms. The van der Waals surface area contributed by atoms with E-state index in [9.17, 15) is 4.79 Å². The second-order valence-corrected chi connectivity index (χ2v) is 4.51. The quantitative estimate of drug-likeness (QED) is 0.923. The first-order valence-corrected chi connectivity index (χ1v) is 6.07. The molecule has 0 unspecified atom stereocenters. The highest BCUT2D eigenvalue weighted by Gasteiger charge is 2.06. The summed E-state index contributed by atoms with van der Waals surface area (Å²) in [5.41, 5.74) is 1.80. The number of halogens is 1. The molecule has 0 radical (unpaired) electrons. The number of aryl methyl sites for hydroxylation is 1. The molecule has 0 saturated heterocycles. The van der Waals surface area contributed by atoms with Crippen LogP contribution in [0, 0.1) is 0 Å². The zero-order chi connectivity index (χ0) is 11.5. The number of nitrogens with zero attached hydrogens (tertiary/aromatic N) is 1. The zero-order valence-corrected chi connectivity index (χ0v) is 10.6. The van der Waals surface area contributed by atoms with Crippen LogP contribution in [0.2, 0.25) is 0 Å². The summed E-state index contributed by atoms with van der Waals surface area (Å²) in [4.78, 5) is 11.8. The van der Waals surface area contributed by atoms with Crippen LogP contribution in [0.5, 0.6) is 0 Å². The molecule has 0 fully saturated rings. The molecule has 4 heteroatoms. The van der Waals surface area contributed by atoms with Crippen LogP contribution in [-0.4, -0.2) is 9.78 Å². The number of hydrogen-bond donors (Lipinski definition) is 1. The number of H-pyrrole nitrogens is 1. The van der Waals surface area contributed by atoms with Crippen LogP contribution in [0.15, 0.2) is 39.6 Å². The summed E-state index contributed by atoms with van der Waals surface area (Å²) in [7, 11) is 0. The number of hydrogen-bond acceptors (Lipinski definition) is 1. The van der Waals surface area contributed by atoms with Gasteiger partial charge >= 0.3 is 0 Å². The Balaban J connectivity index is 2.48. The fourth-order valence-corrected chi connectivity index (χ4v) is 2.12. The average molecular weight is 281 g/mol. The summed E-state index contributed by atoms with van der Waals surface area (Å²) in [5, 5.41) is 3.11. The lowest BCUT2D eigenvalue weighted by Gasteiger charge is -2.04. The molecule has 84 valence electrons. The fraction of sp³-hybridized carbons (Fsp3) is 0.250. The van der Waals surface area contributed by atoms with Crippen molar-refractivity contribution in [3.63, 3.8) is 0 Å². The summed E-state index contributed by atoms with van der Waals surface area (Å²) in [6.45, 7) is 2.09. The molecule has 2 rings (SSSR count). The largest absolute Gasteiger partial charge is 0.295 e. The molecule has 1 N–H and O–H groups in total. The molecule has 0 aliphatic carbocycles. The molecule has 0 saturated carbocycles. The molecular formula is C12H13BrN2O. The van der Waals surface area contributed by atoms with Gasteiger partial charge in [-0.05, 0) is 34.5 Å². The lowest BCUT2D eigenvalue weighted by molar-refractivity contribution is 0.791. The number of rotatable bonds is 3. The third-order valence-electron chi connectivity index (χ3n) is 2.39. The van der Waals surface area contributed by atoms with Gasteiger partial charge in [0.25, 0.3) is 5.56 Å². The molecule has 16 heavy (non-hydrogen) atoms. The Bertz CT molecular complexity index is 542. The highest BCUT2D eigenvalue weighted by atomic mass is 79.9. The fourth-order valence-electron chi connectivity index (χ4n) is 1.65. The maximum atomic E-state index is 11.8. The van der Waals surface area contributed by atoms with Crippen LogP contribution in [0.4, 0.5) is 0 Å². The van der Waals surface area contributed by atoms with Crippen LogP contribution >= 0.6 is 15.9 Å². The lowest BCUT2D eigenvalue weighted by atomic mass is 10.3. The second kappa shape index (κ2) is 4.70. The normalized spacial score (nSPS) is 10.6. The number of aromatic amines is 1. The van der Waals surface area contributed by atoms with E-state index < -0.39 is 0 Å². The lowest BCUT2D eigenvalue weighted by Crippen LogP contribution is -2.13. The van der Waals surface area contributed by atoms with Crippen molar-refractivity contribution in [3.8, 4) is 5.69 Å². The van der Waals surface area contributed by atoms with Gasteiger partial charge in [-0.25, -0.2) is 4.68 Å². The number of para-hydroxylation sites is 1. The minimum absolute atomic E-state index is 0.0182. The van der Waals surface area contributed by atoms with Crippen LogP contribution < -0.4 is 5.56 Å². The van der Waals surface area contributed by atoms with Gasteiger partial charge in [0.05, 0.1) is 5.69 Å². The summed E-state index contributed by atoms with van der Waals surface area (Å²) >= 11 is 3.44. The van der Waals surface area contributed by atoms with Gasteiger partial charge in [0.15, 0.2) is 0 Å². The van der Waals surface area contributed by atoms with E-state index in [0.717, 1.165) is 28.7 Å². The number of nitrogens with one attached hydrogen (secondary N) is 1. The van der Waals surface area contributed by atoms with E-state index in [2.05, 4.69) is 28.0 Å². The molecule has 0 aliphatic heterocycles. The van der Waals surface area contributed by atoms with E-state index in [1.807, 2.05) is 24.3 Å². The third-order valence-corrected chi connectivity index (χ3v) is 3.06. The van der Waals surface area contributed by atoms with Gasteiger partial charge in [0, 0.05) is 16.2 Å². The van der Waals surface area contributed by atoms with Gasteiger partial charge < -0.3 is 0 Å². The van der Waals surface area contributed by atoms with E-state index >= 15 is 0 Å². The maximum Gasteiger partial charge on any atom is 0.271 e. The Labute approximate surface area is 102 Å². The summed E-state index contributed by atoms with van der Waals surface area (Å²) in [5.74, 6) is 0. The van der Waals surface area contributed by atoms with E-state index in [1.54, 1.807) is 10.7 Å². The Kier molecular flexibility index (Phi) is 3.29. The van der Waals surface area contributed by atoms with E-state index in [1.165, 1.54) is 0 Å². The maximum absolute atomic E-state index is 11.8. The predicted octanol–water partition coefficient (Wildman–Crippen LogP) is 2.88. The van der Waals surface area contributed by atoms with Gasteiger partial charge in [-0.2, -0.15) is 0 Å². The van der Waals surface area contributed by atoms with Gasteiger partial charge in [0.1, 0.15) is 0 Å². The Morgan fingerprint density at radius 3 is 2.81 bits per heavy atom. The molecule has 0 aliphatic rings. The first-order chi connectivity index (χ1) is 7.72. The summed E-state index contributed by atoms with van der Waals surface area (Å²) < 4.78 is 2.47. The third kappa shape index (κ3) is 2.11. The molecule has 1 aromatic carbocycles. The molecule has 0 amide bonds. The van der Waals surface area contributed by atoms with Crippen molar-refractivity contribution in [2.75, 3.05) is 0 Å². The molecule has 1 aromatic heterocycles. The minimum Gasteiger partial charge on any atom is -0.295 e. The van der Waals surface area contributed by atoms with Crippen molar-refractivity contribution in [3.05, 3.63) is 50.9 Å². The van der Waals surface area contributed by atoms with Gasteiger partial charge in [0.2, 0.25) is 0 Å². The van der Waals surface area contributed by atoms with Crippen LogP contribution in [0.25, 0.3) is 5.69 Å². The standard InChI is InChI=1S/C12H13BrN2O/c1-2-5-9-8-12(16)15(14-9)11-7-4-3-6-10(11)13/h3-4,6-8,14H,2,5H2,1H3. The highest BCUT2D eigenvalue weighted by molar-refractivity contribution is 9.10. The first-order valence-electron chi connectivity index (χ1n) is 5.28. The van der Waals surface area contributed by atoms with Crippen molar-refractivity contribution in [2.45, 2.75) is 19.8 Å². The van der Waals surface area contributed by atoms with E-state index in [-0.39, 0.29) is 5.56 Å². The van der Waals surface area contributed by atoms with Gasteiger partial charge in [-0.15, -0.1) is 0 Å². The monoisotopic (exact) mass is 280 g/mol. The van der Waals surface area contributed by atoms with Crippen LogP contribution in [0.3, 0.4) is 0 Å². The Morgan fingerprint density at radius 1 is 1.38 bits per heavy atom. The van der Waals surface area contributed by atoms with Crippen molar-refractivity contribution < 1.29 is 0 Å². The van der Waals surface area contributed by atoms with Crippen molar-refractivity contribution in [1.82, 2.24) is 9.78 Å². The van der Waals surface area contributed by atoms with Crippen molar-refractivity contribution in [2.24, 2.45) is 0 Å². The summed E-state index contributed by atoms with van der Waals surface area (Å²) in [6.07, 6.45) is 1.92. The Morgan fingerprint density at radius 2 is 2.12 bits per heavy atom. The molecule has 0 spiro atoms. The summed E-state index contributed by atoms with van der Waals surface area (Å²) in [6, 6.07) is 9.31. The highest BCUT2D eigenvalue weighted by Crippen LogP contribution is 2.18. The van der Waals surface area contributed by atoms with Crippen LogP contribution in [0.1, 0.15) is 19.0 Å². The zero-order valence-electron chi connectivity index (χ0n) is 9.03. The minimum atomic E-state index is -0.0182. The molecular weight excluding hydrogens is 268 g/mol. The molecule has 2 aromatic rings.